The Balaban J connectivity index is 1.37. The van der Waals surface area contributed by atoms with Crippen LogP contribution in [0.4, 0.5) is 8.78 Å². The lowest BCUT2D eigenvalue weighted by Gasteiger charge is -2.29. The lowest BCUT2D eigenvalue weighted by Crippen LogP contribution is -2.43. The van der Waals surface area contributed by atoms with Crippen molar-refractivity contribution in [3.8, 4) is 17.0 Å². The molecule has 224 valence electrons. The van der Waals surface area contributed by atoms with Gasteiger partial charge in [-0.1, -0.05) is 11.6 Å². The molecule has 4 aromatic rings. The summed E-state index contributed by atoms with van der Waals surface area (Å²) in [7, 11) is 0. The quantitative estimate of drug-likeness (QED) is 0.186. The molecule has 0 saturated heterocycles. The van der Waals surface area contributed by atoms with Crippen molar-refractivity contribution in [1.29, 1.82) is 0 Å². The van der Waals surface area contributed by atoms with Crippen LogP contribution in [0.1, 0.15) is 65.1 Å². The minimum Gasteiger partial charge on any atom is -0.491 e. The number of halogens is 4. The number of fused-ring (bicyclic) bond motifs is 1. The van der Waals surface area contributed by atoms with E-state index in [4.69, 9.17) is 22.1 Å². The Hall–Kier alpha value is -3.61. The van der Waals surface area contributed by atoms with E-state index in [-0.39, 0.29) is 57.4 Å². The van der Waals surface area contributed by atoms with Crippen LogP contribution in [0, 0.1) is 17.6 Å². The number of carbonyl (C=O) groups excluding carboxylic acids is 2. The summed E-state index contributed by atoms with van der Waals surface area (Å²) in [6, 6.07) is 6.70. The number of primary amides is 1. The van der Waals surface area contributed by atoms with E-state index < -0.39 is 29.0 Å². The number of amides is 2. The van der Waals surface area contributed by atoms with E-state index in [2.05, 4.69) is 31.3 Å². The lowest BCUT2D eigenvalue weighted by molar-refractivity contribution is 0.00946. The van der Waals surface area contributed by atoms with Gasteiger partial charge in [0.1, 0.15) is 28.4 Å². The average Bonchev–Trinajstić information content (AvgIpc) is 3.91. The van der Waals surface area contributed by atoms with Crippen molar-refractivity contribution in [2.75, 3.05) is 13.2 Å². The number of ether oxygens (including phenoxy) is 1. The number of hydrogen-bond acceptors (Lipinski definition) is 6. The minimum atomic E-state index is -1.75. The van der Waals surface area contributed by atoms with Gasteiger partial charge in [-0.05, 0) is 78.7 Å². The number of nitrogens with two attached hydrogens (primary N) is 1. The Bertz CT molecular complexity index is 1790. The molecule has 0 spiro atoms. The number of carbonyl (C=O) groups is 2. The second-order valence-corrected chi connectivity index (χ2v) is 12.2. The highest BCUT2D eigenvalue weighted by molar-refractivity contribution is 9.10. The summed E-state index contributed by atoms with van der Waals surface area (Å²) < 4.78 is 36.7. The molecule has 2 aliphatic carbocycles. The first-order valence-corrected chi connectivity index (χ1v) is 15.0. The number of pyridine rings is 1. The predicted molar refractivity (Wildman–Crippen MR) is 159 cm³/mol. The van der Waals surface area contributed by atoms with Crippen molar-refractivity contribution >= 4 is 50.2 Å². The van der Waals surface area contributed by atoms with Crippen LogP contribution in [0.25, 0.3) is 22.2 Å². The third-order valence-electron chi connectivity index (χ3n) is 7.77. The maximum Gasteiger partial charge on any atom is 0.252 e. The monoisotopic (exact) mass is 673 g/mol. The topological polar surface area (TPSA) is 132 Å². The first-order valence-electron chi connectivity index (χ1n) is 13.8. The summed E-state index contributed by atoms with van der Waals surface area (Å²) in [5.74, 6) is -3.60. The molecule has 13 heteroatoms. The van der Waals surface area contributed by atoms with E-state index in [1.54, 1.807) is 13.0 Å². The molecular weight excluding hydrogens is 648 g/mol. The summed E-state index contributed by atoms with van der Waals surface area (Å²) in [6.07, 6.45) is 5.19. The molecule has 2 aromatic carbocycles. The second kappa shape index (κ2) is 11.1. The smallest absolute Gasteiger partial charge is 0.252 e. The lowest BCUT2D eigenvalue weighted by atomic mass is 9.90. The third-order valence-corrected chi connectivity index (χ3v) is 8.67. The van der Waals surface area contributed by atoms with Gasteiger partial charge in [0.2, 0.25) is 0 Å². The van der Waals surface area contributed by atoms with Gasteiger partial charge >= 0.3 is 0 Å². The van der Waals surface area contributed by atoms with Gasteiger partial charge in [0, 0.05) is 28.8 Å². The molecule has 2 heterocycles. The molecule has 2 aromatic heterocycles. The molecule has 2 amide bonds. The van der Waals surface area contributed by atoms with Crippen molar-refractivity contribution in [2.45, 2.75) is 44.2 Å². The Labute approximate surface area is 258 Å². The van der Waals surface area contributed by atoms with Crippen LogP contribution in [-0.2, 0) is 5.60 Å². The number of rotatable bonds is 10. The first kappa shape index (κ1) is 29.5. The van der Waals surface area contributed by atoms with Gasteiger partial charge in [-0.2, -0.15) is 5.10 Å². The number of aliphatic hydroxyl groups is 1. The summed E-state index contributed by atoms with van der Waals surface area (Å²) in [6.45, 7) is 1.48. The van der Waals surface area contributed by atoms with Crippen LogP contribution in [0.2, 0.25) is 5.02 Å². The summed E-state index contributed by atoms with van der Waals surface area (Å²) in [5.41, 5.74) is 4.36. The van der Waals surface area contributed by atoms with Crippen molar-refractivity contribution in [3.05, 3.63) is 74.5 Å². The van der Waals surface area contributed by atoms with Crippen LogP contribution < -0.4 is 15.8 Å². The molecule has 9 nitrogen and oxygen atoms in total. The molecule has 0 radical (unpaired) electrons. The van der Waals surface area contributed by atoms with E-state index in [0.717, 1.165) is 18.2 Å². The average molecular weight is 675 g/mol. The van der Waals surface area contributed by atoms with Gasteiger partial charge in [-0.3, -0.25) is 14.3 Å². The van der Waals surface area contributed by atoms with Gasteiger partial charge in [0.05, 0.1) is 39.9 Å². The van der Waals surface area contributed by atoms with E-state index in [1.807, 2.05) is 10.9 Å². The van der Waals surface area contributed by atoms with Crippen LogP contribution in [0.15, 0.2) is 41.0 Å². The fraction of sp³-hybridized carbons (Fsp3) is 0.333. The zero-order valence-corrected chi connectivity index (χ0v) is 25.3. The second-order valence-electron chi connectivity index (χ2n) is 10.9. The predicted octanol–water partition coefficient (Wildman–Crippen LogP) is 5.65. The largest absolute Gasteiger partial charge is 0.491 e. The van der Waals surface area contributed by atoms with Crippen LogP contribution in [-0.4, -0.2) is 44.8 Å². The molecule has 2 saturated carbocycles. The molecule has 2 fully saturated rings. The summed E-state index contributed by atoms with van der Waals surface area (Å²) in [5, 5.41) is 20.4. The summed E-state index contributed by atoms with van der Waals surface area (Å²) >= 11 is 9.52. The van der Waals surface area contributed by atoms with E-state index in [9.17, 15) is 19.1 Å². The Morgan fingerprint density at radius 3 is 2.58 bits per heavy atom. The fourth-order valence-electron chi connectivity index (χ4n) is 5.21. The molecule has 0 unspecified atom stereocenters. The third kappa shape index (κ3) is 5.59. The van der Waals surface area contributed by atoms with Gasteiger partial charge < -0.3 is 20.9 Å². The molecule has 6 rings (SSSR count). The van der Waals surface area contributed by atoms with Crippen molar-refractivity contribution in [1.82, 2.24) is 20.1 Å². The van der Waals surface area contributed by atoms with E-state index >= 15 is 4.39 Å². The number of nitrogens with zero attached hydrogens (tertiary/aromatic N) is 3. The Kier molecular flexibility index (Phi) is 7.64. The standard InChI is InChI=1S/C30H27BrClF2N5O4/c1-2-43-27-19(28(35)40)10-24(37-26(27)18-9-20(31)23(34)11-22(18)33)30(42,16-3-4-16)13-36-29(41)14-7-15-12-39(17-5-6-17)38-25(15)21(32)8-14/h7-12,16-17,42H,2-6,13H2,1H3,(H2,35,40)(H,36,41)/t30-/m1/s1. The molecule has 4 N–H and O–H groups in total. The zero-order valence-electron chi connectivity index (χ0n) is 23.0. The van der Waals surface area contributed by atoms with Crippen molar-refractivity contribution < 1.29 is 28.2 Å². The fourth-order valence-corrected chi connectivity index (χ4v) is 5.81. The molecule has 0 bridgehead atoms. The maximum atomic E-state index is 15.1. The van der Waals surface area contributed by atoms with Crippen LogP contribution in [0.5, 0.6) is 5.75 Å². The van der Waals surface area contributed by atoms with E-state index in [1.165, 1.54) is 18.2 Å². The minimum absolute atomic E-state index is 0.0124. The highest BCUT2D eigenvalue weighted by Gasteiger charge is 2.47. The highest BCUT2D eigenvalue weighted by Crippen LogP contribution is 2.47. The van der Waals surface area contributed by atoms with Gasteiger partial charge in [0.15, 0.2) is 5.75 Å². The van der Waals surface area contributed by atoms with Gasteiger partial charge in [-0.15, -0.1) is 0 Å². The number of benzene rings is 2. The van der Waals surface area contributed by atoms with Crippen molar-refractivity contribution in [3.63, 3.8) is 0 Å². The molecule has 0 aliphatic heterocycles. The molecule has 2 aliphatic rings. The Morgan fingerprint density at radius 2 is 1.93 bits per heavy atom. The molecular formula is C30H27BrClF2N5O4. The number of hydrogen-bond donors (Lipinski definition) is 3. The summed E-state index contributed by atoms with van der Waals surface area (Å²) in [4.78, 5) is 30.4. The Morgan fingerprint density at radius 1 is 1.19 bits per heavy atom. The maximum absolute atomic E-state index is 15.1. The van der Waals surface area contributed by atoms with Crippen LogP contribution >= 0.6 is 27.5 Å². The first-order chi connectivity index (χ1) is 20.5. The zero-order chi connectivity index (χ0) is 30.6. The SMILES string of the molecule is CCOc1c(C(N)=O)cc([C@@](O)(CNC(=O)c2cc(Cl)c3nn(C4CC4)cc3c2)C2CC2)nc1-c1cc(Br)c(F)cc1F. The van der Waals surface area contributed by atoms with Gasteiger partial charge in [0.25, 0.3) is 11.8 Å². The number of aromatic nitrogens is 3. The highest BCUT2D eigenvalue weighted by atomic mass is 79.9. The normalized spacial score (nSPS) is 16.2. The van der Waals surface area contributed by atoms with Crippen molar-refractivity contribution in [2.24, 2.45) is 11.7 Å². The van der Waals surface area contributed by atoms with Crippen LogP contribution in [0.3, 0.4) is 0 Å². The molecule has 1 atom stereocenters. The molecule has 43 heavy (non-hydrogen) atoms. The van der Waals surface area contributed by atoms with Gasteiger partial charge in [-0.25, -0.2) is 13.8 Å². The number of nitrogens with one attached hydrogen (secondary N) is 1. The van der Waals surface area contributed by atoms with E-state index in [0.29, 0.717) is 35.5 Å².